The van der Waals surface area contributed by atoms with Crippen LogP contribution < -0.4 is 35.6 Å². The highest BCUT2D eigenvalue weighted by atomic mass is 32.1. The third-order valence-electron chi connectivity index (χ3n) is 21.7. The van der Waals surface area contributed by atoms with E-state index in [0.29, 0.717) is 112 Å². The first-order valence-electron chi connectivity index (χ1n) is 39.5. The van der Waals surface area contributed by atoms with Gasteiger partial charge in [-0.3, -0.25) is 28.1 Å². The Kier molecular flexibility index (Phi) is 25.8. The summed E-state index contributed by atoms with van der Waals surface area (Å²) in [5, 5.41) is 1.47. The Bertz CT molecular complexity index is 5720. The summed E-state index contributed by atoms with van der Waals surface area (Å²) in [6.45, 7) is 18.6. The number of rotatable bonds is 23. The van der Waals surface area contributed by atoms with Crippen LogP contribution in [0.15, 0.2) is 208 Å². The third-order valence-corrected chi connectivity index (χ3v) is 22.5. The average Bonchev–Trinajstić information content (AvgIpc) is 0.848. The lowest BCUT2D eigenvalue weighted by Gasteiger charge is -2.35. The number of aromatic nitrogens is 7. The molecule has 0 saturated carbocycles. The van der Waals surface area contributed by atoms with Crippen LogP contribution in [0.5, 0.6) is 40.2 Å². The predicted octanol–water partition coefficient (Wildman–Crippen LogP) is 19.4. The Morgan fingerprint density at radius 2 is 0.842 bits per heavy atom. The lowest BCUT2D eigenvalue weighted by molar-refractivity contribution is 0.130. The predicted molar refractivity (Wildman–Crippen MR) is 447 cm³/mol. The number of piperidine rings is 3. The maximum atomic E-state index is 15.4. The van der Waals surface area contributed by atoms with Crippen molar-refractivity contribution >= 4 is 54.3 Å². The van der Waals surface area contributed by atoms with Gasteiger partial charge in [0.15, 0.2) is 0 Å². The number of thiazole rings is 1. The molecule has 590 valence electrons. The first-order chi connectivity index (χ1) is 55.4. The molecule has 114 heavy (non-hydrogen) atoms. The number of likely N-dealkylation sites (tertiary alicyclic amines) is 3. The van der Waals surface area contributed by atoms with E-state index in [1.54, 1.807) is 58.4 Å². The van der Waals surface area contributed by atoms with Crippen LogP contribution in [-0.2, 0) is 19.6 Å². The second-order valence-electron chi connectivity index (χ2n) is 30.4. The van der Waals surface area contributed by atoms with Crippen molar-refractivity contribution in [3.05, 3.63) is 253 Å². The zero-order valence-electron chi connectivity index (χ0n) is 65.4. The van der Waals surface area contributed by atoms with Gasteiger partial charge in [0.25, 0.3) is 16.7 Å². The molecule has 3 fully saturated rings. The van der Waals surface area contributed by atoms with Gasteiger partial charge in [0.1, 0.15) is 90.2 Å². The number of halogens is 4. The van der Waals surface area contributed by atoms with Crippen molar-refractivity contribution < 1.29 is 36.5 Å². The van der Waals surface area contributed by atoms with Crippen molar-refractivity contribution in [2.24, 2.45) is 17.8 Å². The van der Waals surface area contributed by atoms with E-state index in [4.69, 9.17) is 33.9 Å². The van der Waals surface area contributed by atoms with E-state index in [-0.39, 0.29) is 71.5 Å². The molecule has 22 heteroatoms. The zero-order valence-corrected chi connectivity index (χ0v) is 66.2. The van der Waals surface area contributed by atoms with E-state index in [9.17, 15) is 27.6 Å². The summed E-state index contributed by atoms with van der Waals surface area (Å²) >= 11 is 1.56. The first-order valence-corrected chi connectivity index (χ1v) is 40.4. The van der Waals surface area contributed by atoms with Gasteiger partial charge >= 0.3 is 0 Å². The van der Waals surface area contributed by atoms with Crippen molar-refractivity contribution in [3.8, 4) is 74.4 Å². The fourth-order valence-electron chi connectivity index (χ4n) is 15.7. The molecule has 0 unspecified atom stereocenters. The highest BCUT2D eigenvalue weighted by molar-refractivity contribution is 7.16. The van der Waals surface area contributed by atoms with E-state index in [0.717, 1.165) is 127 Å². The Balaban J connectivity index is 0.000000142. The molecule has 13 aromatic rings. The van der Waals surface area contributed by atoms with E-state index in [1.165, 1.54) is 6.07 Å². The van der Waals surface area contributed by atoms with E-state index >= 15 is 4.39 Å². The van der Waals surface area contributed by atoms with Crippen molar-refractivity contribution in [2.75, 3.05) is 79.0 Å². The standard InChI is InChI=1S/C32H35F2N3O3.C30H29FN4O2S.C30H32FN3O2/c1-21(2)36-15-4-5-23(19-36)20-37-31(27-12-10-25(18-29(27)34)39-16-14-33)35-30-13-11-26(17-28(30)32(37)38)40-24-8-6-22(3)7-9-24;1-20-5-2-3-7-24(20)29-33-26-10-8-22(37-23-9-11-27-28(16-23)38-19-32-27)15-25(26)30(36)35(29)18-21-6-4-13-34(17-21)14-12-31;1-21-9-11-24(12-10-21)36-25-13-14-28-27(18-25)30(35)34(20-23-7-5-16-33(19-23)17-15-31)29(32-28)26-8-4-3-6-22(26)2/h6-13,17-18,21,23H,4-5,14-16,19-20H2,1-3H3;2-3,5,7-11,15-16,19,21H,4,6,12-14,17-18H2,1H3;3-4,6,8-14,18,23H,5,7,15-17,19-20H2,1-2H3/t23-;21-;23-/m000/s1/i33-1;2*31-1. The summed E-state index contributed by atoms with van der Waals surface area (Å²) in [5.74, 6) is 5.80. The van der Waals surface area contributed by atoms with Crippen LogP contribution in [0.4, 0.5) is 17.6 Å². The summed E-state index contributed by atoms with van der Waals surface area (Å²) in [7, 11) is 0. The number of benzene rings is 9. The van der Waals surface area contributed by atoms with Crippen LogP contribution in [0.3, 0.4) is 0 Å². The Labute approximate surface area is 665 Å². The second kappa shape index (κ2) is 36.9. The maximum absolute atomic E-state index is 15.4. The van der Waals surface area contributed by atoms with Crippen LogP contribution in [0.25, 0.3) is 77.1 Å². The van der Waals surface area contributed by atoms with E-state index in [1.807, 2.05) is 182 Å². The smallest absolute Gasteiger partial charge is 0.261 e. The van der Waals surface area contributed by atoms with Crippen molar-refractivity contribution in [1.82, 2.24) is 48.3 Å². The summed E-state index contributed by atoms with van der Waals surface area (Å²) < 4.78 is 83.7. The number of fused-ring (bicyclic) bond motifs is 4. The number of nitrogens with zero attached hydrogens (tertiary/aromatic N) is 10. The Hall–Kier alpha value is -10.9. The molecule has 3 aliphatic heterocycles. The average molecular weight is 1560 g/mol. The number of aryl methyl sites for hydroxylation is 4. The number of alkyl halides is 3. The number of hydrogen-bond donors (Lipinski definition) is 0. The van der Waals surface area contributed by atoms with Gasteiger partial charge in [0.05, 0.1) is 54.0 Å². The van der Waals surface area contributed by atoms with Crippen LogP contribution in [-0.4, -0.2) is 133 Å². The summed E-state index contributed by atoms with van der Waals surface area (Å²) in [6, 6.07) is 58.3. The molecule has 17 nitrogen and oxygen atoms in total. The molecular weight excluding hydrogens is 1460 g/mol. The molecule has 9 aromatic carbocycles. The highest BCUT2D eigenvalue weighted by Crippen LogP contribution is 2.35. The van der Waals surface area contributed by atoms with Gasteiger partial charge in [-0.1, -0.05) is 83.9 Å². The normalized spacial score (nSPS) is 16.2. The van der Waals surface area contributed by atoms with Crippen LogP contribution >= 0.6 is 11.3 Å². The monoisotopic (exact) mass is 1560 g/mol. The summed E-state index contributed by atoms with van der Waals surface area (Å²) in [5.41, 5.74) is 10.6. The molecule has 4 aromatic heterocycles. The minimum atomic E-state index is -0.667. The van der Waals surface area contributed by atoms with Crippen molar-refractivity contribution in [2.45, 2.75) is 106 Å². The van der Waals surface area contributed by atoms with Crippen LogP contribution in [0.2, 0.25) is 0 Å². The summed E-state index contributed by atoms with van der Waals surface area (Å²) in [6.07, 6.45) is 6.04. The molecule has 0 N–H and O–H groups in total. The second-order valence-corrected chi connectivity index (χ2v) is 31.3. The lowest BCUT2D eigenvalue weighted by Crippen LogP contribution is -2.42. The molecular formula is C92H96F4N10O7S. The molecule has 0 amide bonds. The molecule has 16 rings (SSSR count). The molecule has 3 aliphatic rings. The lowest BCUT2D eigenvalue weighted by atomic mass is 9.96. The minimum Gasteiger partial charge on any atom is -0.491 e. The van der Waals surface area contributed by atoms with Gasteiger partial charge in [0, 0.05) is 81.7 Å². The zero-order chi connectivity index (χ0) is 79.4. The maximum Gasteiger partial charge on any atom is 0.261 e. The fourth-order valence-corrected chi connectivity index (χ4v) is 16.4. The van der Waals surface area contributed by atoms with Gasteiger partial charge in [-0.05, 0) is 232 Å². The highest BCUT2D eigenvalue weighted by Gasteiger charge is 2.29. The molecule has 0 radical (unpaired) electrons. The molecule has 3 saturated heterocycles. The molecule has 0 aliphatic carbocycles. The molecule has 3 atom stereocenters. The topological polar surface area (TPSA) is 164 Å². The molecule has 0 bridgehead atoms. The quantitative estimate of drug-likeness (QED) is 0.0556. The van der Waals surface area contributed by atoms with Crippen molar-refractivity contribution in [3.63, 3.8) is 0 Å². The summed E-state index contributed by atoms with van der Waals surface area (Å²) in [4.78, 5) is 67.9. The van der Waals surface area contributed by atoms with Gasteiger partial charge in [-0.15, -0.1) is 11.3 Å². The van der Waals surface area contributed by atoms with Crippen LogP contribution in [0.1, 0.15) is 74.6 Å². The van der Waals surface area contributed by atoms with Gasteiger partial charge in [-0.2, -0.15) is 0 Å². The molecule has 7 heterocycles. The number of ether oxygens (including phenoxy) is 4. The van der Waals surface area contributed by atoms with Gasteiger partial charge in [-0.25, -0.2) is 37.5 Å². The first kappa shape index (κ1) is 79.7. The van der Waals surface area contributed by atoms with E-state index < -0.39 is 12.5 Å². The Morgan fingerprint density at radius 3 is 1.28 bits per heavy atom. The number of hydrogen-bond acceptors (Lipinski definition) is 15. The minimum absolute atomic E-state index is 0.0739. The van der Waals surface area contributed by atoms with E-state index in [2.05, 4.69) is 33.5 Å². The SMILES string of the molecule is Cc1ccc(Oc2ccc3nc(-c4ccc(OCC[18F])cc4F)n(C[C@H]4CCCN(C(C)C)C4)c(=O)c3c2)cc1.Cc1ccc(Oc2ccc3nc(-c4ccccc4C)n(C[C@H]4CCCN(CC[18F])C4)c(=O)c3c2)cc1.Cc1ccccc1-c1nc2ccc(Oc3ccc4ncsc4c3)cc2c(=O)n1C[C@H]1CCCN(CC[18F])C1. The van der Waals surface area contributed by atoms with Gasteiger partial charge < -0.3 is 33.6 Å². The fraction of sp³-hybridized carbons (Fsp3) is 0.337. The third kappa shape index (κ3) is 19.1. The Morgan fingerprint density at radius 1 is 0.439 bits per heavy atom. The van der Waals surface area contributed by atoms with Crippen molar-refractivity contribution in [1.29, 1.82) is 0 Å². The van der Waals surface area contributed by atoms with Crippen LogP contribution in [0, 0.1) is 51.3 Å². The molecule has 0 spiro atoms. The largest absolute Gasteiger partial charge is 0.491 e. The van der Waals surface area contributed by atoms with Gasteiger partial charge in [0.2, 0.25) is 0 Å².